The van der Waals surface area contributed by atoms with Gasteiger partial charge < -0.3 is 0 Å². The van der Waals surface area contributed by atoms with Gasteiger partial charge in [0, 0.05) is 0 Å². The molecule has 3 nitrogen and oxygen atoms in total. The Balaban J connectivity index is 2.28. The van der Waals surface area contributed by atoms with Crippen LogP contribution in [0.1, 0.15) is 159 Å². The van der Waals surface area contributed by atoms with Gasteiger partial charge in [-0.15, -0.1) is 0 Å². The van der Waals surface area contributed by atoms with Crippen LogP contribution in [0.3, 0.4) is 0 Å². The van der Waals surface area contributed by atoms with Crippen LogP contribution in [0.15, 0.2) is 30.3 Å². The molecule has 0 saturated carbocycles. The maximum atomic E-state index is 13.1. The lowest BCUT2D eigenvalue weighted by Gasteiger charge is -2.18. The van der Waals surface area contributed by atoms with Gasteiger partial charge in [0.2, 0.25) is 0 Å². The monoisotopic (exact) mass is 508 g/mol. The minimum Gasteiger partial charge on any atom is -0.270 e. The summed E-state index contributed by atoms with van der Waals surface area (Å²) in [7, 11) is -3.60. The van der Waals surface area contributed by atoms with Gasteiger partial charge in [-0.2, -0.15) is 8.42 Å². The molecule has 0 heterocycles. The van der Waals surface area contributed by atoms with E-state index in [4.69, 9.17) is 4.18 Å². The van der Waals surface area contributed by atoms with Crippen LogP contribution in [-0.4, -0.2) is 15.0 Å². The van der Waals surface area contributed by atoms with Gasteiger partial charge >= 0.3 is 0 Å². The highest BCUT2D eigenvalue weighted by molar-refractivity contribution is 7.87. The summed E-state index contributed by atoms with van der Waals surface area (Å²) in [6.45, 7) is 4.83. The van der Waals surface area contributed by atoms with Crippen molar-refractivity contribution in [3.63, 3.8) is 0 Å². The smallest absolute Gasteiger partial charge is 0.270 e. The zero-order chi connectivity index (χ0) is 25.5. The Kier molecular flexibility index (Phi) is 20.5. The molecule has 0 fully saturated rings. The van der Waals surface area contributed by atoms with Crippen LogP contribution in [0.2, 0.25) is 0 Å². The van der Waals surface area contributed by atoms with Crippen molar-refractivity contribution in [1.29, 1.82) is 0 Å². The largest absolute Gasteiger partial charge is 0.274 e. The van der Waals surface area contributed by atoms with Gasteiger partial charge in [0.05, 0.1) is 6.61 Å². The van der Waals surface area contributed by atoms with Crippen molar-refractivity contribution in [1.82, 2.24) is 0 Å². The predicted molar refractivity (Wildman–Crippen MR) is 152 cm³/mol. The Morgan fingerprint density at radius 2 is 0.971 bits per heavy atom. The maximum absolute atomic E-state index is 13.1. The summed E-state index contributed by atoms with van der Waals surface area (Å²) in [6, 6.07) is 9.67. The molecule has 0 aliphatic rings. The Hall–Kier alpha value is -0.870. The highest BCUT2D eigenvalue weighted by atomic mass is 32.2. The minimum atomic E-state index is -3.60. The van der Waals surface area contributed by atoms with Crippen molar-refractivity contribution < 1.29 is 12.6 Å². The van der Waals surface area contributed by atoms with E-state index >= 15 is 0 Å². The highest BCUT2D eigenvalue weighted by Gasteiger charge is 2.27. The molecule has 0 aliphatic carbocycles. The topological polar surface area (TPSA) is 43.4 Å². The van der Waals surface area contributed by atoms with Crippen LogP contribution in [-0.2, 0) is 14.3 Å². The van der Waals surface area contributed by atoms with Gasteiger partial charge in [0.1, 0.15) is 5.25 Å². The molecule has 4 heteroatoms. The lowest BCUT2D eigenvalue weighted by molar-refractivity contribution is 0.298. The van der Waals surface area contributed by atoms with Gasteiger partial charge in [-0.05, 0) is 18.4 Å². The Morgan fingerprint density at radius 1 is 0.571 bits per heavy atom. The summed E-state index contributed by atoms with van der Waals surface area (Å²) in [4.78, 5) is 0. The molecular weight excluding hydrogens is 452 g/mol. The van der Waals surface area contributed by atoms with E-state index in [-0.39, 0.29) is 0 Å². The zero-order valence-electron chi connectivity index (χ0n) is 23.2. The van der Waals surface area contributed by atoms with E-state index in [1.165, 1.54) is 103 Å². The van der Waals surface area contributed by atoms with Crippen molar-refractivity contribution in [2.75, 3.05) is 6.61 Å². The molecule has 0 spiro atoms. The summed E-state index contributed by atoms with van der Waals surface area (Å²) in [6.07, 6.45) is 25.5. The zero-order valence-corrected chi connectivity index (χ0v) is 24.0. The second kappa shape index (κ2) is 22.3. The van der Waals surface area contributed by atoms with E-state index in [1.54, 1.807) is 0 Å². The van der Waals surface area contributed by atoms with Gasteiger partial charge in [-0.1, -0.05) is 166 Å². The third kappa shape index (κ3) is 17.3. The lowest BCUT2D eigenvalue weighted by Crippen LogP contribution is -2.17. The Bertz CT molecular complexity index is 672. The summed E-state index contributed by atoms with van der Waals surface area (Å²) in [5.41, 5.74) is 0.867. The summed E-state index contributed by atoms with van der Waals surface area (Å²) in [5, 5.41) is -0.541. The first-order valence-corrected chi connectivity index (χ1v) is 16.5. The number of benzene rings is 1. The second-order valence-electron chi connectivity index (χ2n) is 10.4. The van der Waals surface area contributed by atoms with E-state index in [1.807, 2.05) is 30.3 Å². The quantitative estimate of drug-likeness (QED) is 0.0974. The van der Waals surface area contributed by atoms with Crippen molar-refractivity contribution in [2.24, 2.45) is 0 Å². The average Bonchev–Trinajstić information content (AvgIpc) is 2.86. The average molecular weight is 509 g/mol. The van der Waals surface area contributed by atoms with Gasteiger partial charge in [0.25, 0.3) is 10.1 Å². The molecule has 0 amide bonds. The normalized spacial score (nSPS) is 12.7. The van der Waals surface area contributed by atoms with Gasteiger partial charge in [-0.25, -0.2) is 0 Å². The number of rotatable bonds is 25. The van der Waals surface area contributed by atoms with Crippen molar-refractivity contribution in [3.05, 3.63) is 35.9 Å². The fourth-order valence-electron chi connectivity index (χ4n) is 4.81. The van der Waals surface area contributed by atoms with Gasteiger partial charge in [-0.3, -0.25) is 4.18 Å². The minimum absolute atomic E-state index is 0.320. The molecule has 0 radical (unpaired) electrons. The maximum Gasteiger partial charge on any atom is 0.274 e. The third-order valence-corrected chi connectivity index (χ3v) is 8.79. The van der Waals surface area contributed by atoms with E-state index < -0.39 is 15.4 Å². The van der Waals surface area contributed by atoms with E-state index in [9.17, 15) is 8.42 Å². The molecule has 204 valence electrons. The predicted octanol–water partition coefficient (Wildman–Crippen LogP) is 10.3. The first-order chi connectivity index (χ1) is 17.1. The van der Waals surface area contributed by atoms with Crippen LogP contribution < -0.4 is 0 Å². The molecule has 1 rings (SSSR count). The molecule has 1 aromatic carbocycles. The number of hydrogen-bond donors (Lipinski definition) is 0. The molecule has 0 N–H and O–H groups in total. The van der Waals surface area contributed by atoms with Crippen LogP contribution >= 0.6 is 0 Å². The van der Waals surface area contributed by atoms with Gasteiger partial charge in [0.15, 0.2) is 0 Å². The summed E-state index contributed by atoms with van der Waals surface area (Å²) < 4.78 is 31.7. The fourth-order valence-corrected chi connectivity index (χ4v) is 6.27. The number of unbranched alkanes of at least 4 members (excludes halogenated alkanes) is 18. The Morgan fingerprint density at radius 3 is 1.43 bits per heavy atom. The number of hydrogen-bond acceptors (Lipinski definition) is 3. The third-order valence-electron chi connectivity index (χ3n) is 7.09. The van der Waals surface area contributed by atoms with Crippen LogP contribution in [0.5, 0.6) is 0 Å². The fraction of sp³-hybridized carbons (Fsp3) is 0.806. The summed E-state index contributed by atoms with van der Waals surface area (Å²) in [5.74, 6) is 0. The van der Waals surface area contributed by atoms with E-state index in [0.29, 0.717) is 13.0 Å². The molecular formula is C31H56O3S. The molecule has 1 unspecified atom stereocenters. The molecule has 1 aromatic rings. The first-order valence-electron chi connectivity index (χ1n) is 15.0. The molecule has 0 saturated heterocycles. The molecule has 0 aliphatic heterocycles. The summed E-state index contributed by atoms with van der Waals surface area (Å²) >= 11 is 0. The molecule has 0 bridgehead atoms. The molecule has 1 atom stereocenters. The Labute approximate surface area is 219 Å². The van der Waals surface area contributed by atoms with Crippen LogP contribution in [0.4, 0.5) is 0 Å². The van der Waals surface area contributed by atoms with Crippen molar-refractivity contribution in [2.45, 2.75) is 154 Å². The second-order valence-corrected chi connectivity index (χ2v) is 12.2. The SMILES string of the molecule is CCCCCCCCCCCCOS(=O)(=O)C(CCCCCCCCCCCC)c1ccccc1. The van der Waals surface area contributed by atoms with E-state index in [2.05, 4.69) is 13.8 Å². The van der Waals surface area contributed by atoms with Crippen LogP contribution in [0, 0.1) is 0 Å². The van der Waals surface area contributed by atoms with E-state index in [0.717, 1.165) is 31.2 Å². The van der Waals surface area contributed by atoms with Crippen molar-refractivity contribution in [3.8, 4) is 0 Å². The standard InChI is InChI=1S/C31H56O3S/c1-3-5-7-9-11-13-15-17-19-24-28-31(30-26-22-21-23-27-30)35(32,33)34-29-25-20-18-16-14-12-10-8-6-4-2/h21-23,26-27,31H,3-20,24-25,28-29H2,1-2H3. The lowest BCUT2D eigenvalue weighted by atomic mass is 10.0. The molecule has 35 heavy (non-hydrogen) atoms. The molecule has 0 aromatic heterocycles. The highest BCUT2D eigenvalue weighted by Crippen LogP contribution is 2.30. The first kappa shape index (κ1) is 32.2. The van der Waals surface area contributed by atoms with Crippen molar-refractivity contribution >= 4 is 10.1 Å². The van der Waals surface area contributed by atoms with Crippen LogP contribution in [0.25, 0.3) is 0 Å².